The van der Waals surface area contributed by atoms with Crippen LogP contribution in [0.4, 0.5) is 5.69 Å². The minimum atomic E-state index is 0.437. The van der Waals surface area contributed by atoms with E-state index in [-0.39, 0.29) is 0 Å². The molecule has 0 amide bonds. The van der Waals surface area contributed by atoms with Crippen LogP contribution in [0, 0.1) is 12.8 Å². The fraction of sp³-hybridized carbons (Fsp3) is 0.529. The Hall–Kier alpha value is -1.84. The molecule has 1 aliphatic carbocycles. The zero-order chi connectivity index (χ0) is 14.8. The zero-order valence-electron chi connectivity index (χ0n) is 12.8. The number of nitrogens with zero attached hydrogens (tertiary/aromatic N) is 2. The Kier molecular flexibility index (Phi) is 3.95. The van der Waals surface area contributed by atoms with Crippen LogP contribution in [0.3, 0.4) is 0 Å². The minimum absolute atomic E-state index is 0.437. The topological polar surface area (TPSA) is 64.9 Å². The van der Waals surface area contributed by atoms with Gasteiger partial charge in [0.05, 0.1) is 5.56 Å². The Balaban J connectivity index is 1.84. The maximum absolute atomic E-state index is 6.02. The summed E-state index contributed by atoms with van der Waals surface area (Å²) < 4.78 is 5.47. The molecule has 0 aliphatic heterocycles. The predicted molar refractivity (Wildman–Crippen MR) is 83.9 cm³/mol. The summed E-state index contributed by atoms with van der Waals surface area (Å²) in [6.45, 7) is 4.30. The highest BCUT2D eigenvalue weighted by Gasteiger charge is 2.26. The molecule has 3 rings (SSSR count). The second-order valence-corrected chi connectivity index (χ2v) is 6.19. The molecule has 2 atom stereocenters. The van der Waals surface area contributed by atoms with Gasteiger partial charge in [-0.25, -0.2) is 0 Å². The van der Waals surface area contributed by atoms with Crippen LogP contribution in [0.25, 0.3) is 11.5 Å². The Bertz CT molecular complexity index is 620. The Labute approximate surface area is 125 Å². The molecule has 1 saturated carbocycles. The normalized spacial score (nSPS) is 22.4. The van der Waals surface area contributed by atoms with Crippen LogP contribution in [0.1, 0.15) is 56.3 Å². The molecule has 2 N–H and O–H groups in total. The molecule has 0 spiro atoms. The molecule has 2 aromatic rings. The molecule has 0 bridgehead atoms. The van der Waals surface area contributed by atoms with Crippen LogP contribution < -0.4 is 5.73 Å². The number of nitrogen functional groups attached to an aromatic ring is 1. The van der Waals surface area contributed by atoms with E-state index in [0.29, 0.717) is 17.5 Å². The van der Waals surface area contributed by atoms with Crippen LogP contribution in [0.15, 0.2) is 22.7 Å². The third kappa shape index (κ3) is 2.94. The van der Waals surface area contributed by atoms with Gasteiger partial charge in [0, 0.05) is 11.6 Å². The second kappa shape index (κ2) is 5.88. The van der Waals surface area contributed by atoms with Gasteiger partial charge in [-0.2, -0.15) is 4.98 Å². The molecular formula is C17H23N3O. The first-order chi connectivity index (χ1) is 10.2. The van der Waals surface area contributed by atoms with Crippen LogP contribution >= 0.6 is 0 Å². The largest absolute Gasteiger partial charge is 0.398 e. The molecule has 4 heteroatoms. The molecule has 112 valence electrons. The summed E-state index contributed by atoms with van der Waals surface area (Å²) in [5.74, 6) is 2.64. The van der Waals surface area contributed by atoms with Gasteiger partial charge in [-0.3, -0.25) is 0 Å². The summed E-state index contributed by atoms with van der Waals surface area (Å²) >= 11 is 0. The van der Waals surface area contributed by atoms with Gasteiger partial charge in [0.2, 0.25) is 0 Å². The lowest BCUT2D eigenvalue weighted by Crippen LogP contribution is -2.14. The molecule has 1 fully saturated rings. The highest BCUT2D eigenvalue weighted by Crippen LogP contribution is 2.37. The third-order valence-electron chi connectivity index (χ3n) is 4.61. The van der Waals surface area contributed by atoms with Crippen molar-refractivity contribution in [2.24, 2.45) is 5.92 Å². The molecule has 1 aliphatic rings. The van der Waals surface area contributed by atoms with Crippen molar-refractivity contribution in [3.63, 3.8) is 0 Å². The summed E-state index contributed by atoms with van der Waals surface area (Å²) in [6, 6.07) is 5.88. The monoisotopic (exact) mass is 285 g/mol. The summed E-state index contributed by atoms with van der Waals surface area (Å²) in [5.41, 5.74) is 8.70. The number of nitrogens with two attached hydrogens (primary N) is 1. The fourth-order valence-corrected chi connectivity index (χ4v) is 3.26. The van der Waals surface area contributed by atoms with Gasteiger partial charge >= 0.3 is 0 Å². The summed E-state index contributed by atoms with van der Waals surface area (Å²) in [4.78, 5) is 4.62. The van der Waals surface area contributed by atoms with Crippen molar-refractivity contribution in [1.29, 1.82) is 0 Å². The lowest BCUT2D eigenvalue weighted by Gasteiger charge is -2.26. The maximum atomic E-state index is 6.02. The van der Waals surface area contributed by atoms with Crippen molar-refractivity contribution in [2.75, 3.05) is 5.73 Å². The highest BCUT2D eigenvalue weighted by atomic mass is 16.5. The molecule has 4 nitrogen and oxygen atoms in total. The van der Waals surface area contributed by atoms with Gasteiger partial charge in [0.15, 0.2) is 5.82 Å². The molecule has 0 radical (unpaired) electrons. The molecule has 1 aromatic heterocycles. The number of hydrogen-bond donors (Lipinski definition) is 1. The second-order valence-electron chi connectivity index (χ2n) is 6.19. The van der Waals surface area contributed by atoms with Crippen molar-refractivity contribution in [3.8, 4) is 11.5 Å². The van der Waals surface area contributed by atoms with Crippen LogP contribution in [-0.4, -0.2) is 10.1 Å². The van der Waals surface area contributed by atoms with Gasteiger partial charge in [0.1, 0.15) is 0 Å². The number of hydrogen-bond acceptors (Lipinski definition) is 4. The summed E-state index contributed by atoms with van der Waals surface area (Å²) in [7, 11) is 0. The molecule has 1 aromatic carbocycles. The number of rotatable bonds is 3. The molecular weight excluding hydrogens is 262 g/mol. The predicted octanol–water partition coefficient (Wildman–Crippen LogP) is 4.31. The van der Waals surface area contributed by atoms with Crippen LogP contribution in [0.5, 0.6) is 0 Å². The van der Waals surface area contributed by atoms with Crippen molar-refractivity contribution >= 4 is 5.69 Å². The van der Waals surface area contributed by atoms with E-state index in [1.54, 1.807) is 0 Å². The average molecular weight is 285 g/mol. The zero-order valence-corrected chi connectivity index (χ0v) is 12.8. The van der Waals surface area contributed by atoms with Crippen molar-refractivity contribution in [2.45, 2.75) is 51.9 Å². The van der Waals surface area contributed by atoms with E-state index in [9.17, 15) is 0 Å². The van der Waals surface area contributed by atoms with E-state index in [4.69, 9.17) is 10.3 Å². The number of benzene rings is 1. The van der Waals surface area contributed by atoms with Gasteiger partial charge in [-0.15, -0.1) is 0 Å². The van der Waals surface area contributed by atoms with Crippen molar-refractivity contribution in [1.82, 2.24) is 10.1 Å². The Morgan fingerprint density at radius 1 is 1.33 bits per heavy atom. The van der Waals surface area contributed by atoms with Crippen molar-refractivity contribution in [3.05, 3.63) is 29.6 Å². The van der Waals surface area contributed by atoms with Gasteiger partial charge in [0.25, 0.3) is 5.89 Å². The Morgan fingerprint density at radius 3 is 3.00 bits per heavy atom. The molecule has 1 heterocycles. The Morgan fingerprint density at radius 2 is 2.19 bits per heavy atom. The first-order valence-corrected chi connectivity index (χ1v) is 7.87. The number of aromatic nitrogens is 2. The smallest absolute Gasteiger partial charge is 0.260 e. The highest BCUT2D eigenvalue weighted by molar-refractivity contribution is 5.71. The van der Waals surface area contributed by atoms with Gasteiger partial charge < -0.3 is 10.3 Å². The summed E-state index contributed by atoms with van der Waals surface area (Å²) in [6.07, 6.45) is 6.19. The SMILES string of the molecule is CCC1CCCC(c2noc(-c3cc(C)ccc3N)n2)C1. The number of aryl methyl sites for hydroxylation is 1. The van der Waals surface area contributed by atoms with Crippen LogP contribution in [-0.2, 0) is 0 Å². The van der Waals surface area contributed by atoms with Crippen LogP contribution in [0.2, 0.25) is 0 Å². The lowest BCUT2D eigenvalue weighted by molar-refractivity contribution is 0.300. The minimum Gasteiger partial charge on any atom is -0.398 e. The molecule has 0 saturated heterocycles. The molecule has 2 unspecified atom stereocenters. The van der Waals surface area contributed by atoms with E-state index >= 15 is 0 Å². The van der Waals surface area contributed by atoms with E-state index in [1.807, 2.05) is 25.1 Å². The summed E-state index contributed by atoms with van der Waals surface area (Å²) in [5, 5.41) is 4.21. The lowest BCUT2D eigenvalue weighted by atomic mass is 9.80. The maximum Gasteiger partial charge on any atom is 0.260 e. The fourth-order valence-electron chi connectivity index (χ4n) is 3.26. The average Bonchev–Trinajstić information content (AvgIpc) is 2.99. The van der Waals surface area contributed by atoms with E-state index in [2.05, 4.69) is 17.1 Å². The third-order valence-corrected chi connectivity index (χ3v) is 4.61. The first kappa shape index (κ1) is 14.1. The van der Waals surface area contributed by atoms with Gasteiger partial charge in [-0.1, -0.05) is 43.0 Å². The van der Waals surface area contributed by atoms with Crippen molar-refractivity contribution < 1.29 is 4.52 Å². The number of anilines is 1. The molecule has 21 heavy (non-hydrogen) atoms. The first-order valence-electron chi connectivity index (χ1n) is 7.87. The van der Waals surface area contributed by atoms with Gasteiger partial charge in [-0.05, 0) is 37.8 Å². The van der Waals surface area contributed by atoms with E-state index in [1.165, 1.54) is 32.1 Å². The quantitative estimate of drug-likeness (QED) is 0.853. The van der Waals surface area contributed by atoms with E-state index < -0.39 is 0 Å². The standard InChI is InChI=1S/C17H23N3O/c1-3-12-5-4-6-13(10-12)16-19-17(21-20-16)14-9-11(2)7-8-15(14)18/h7-9,12-13H,3-6,10,18H2,1-2H3. The van der Waals surface area contributed by atoms with E-state index in [0.717, 1.165) is 22.9 Å².